The van der Waals surface area contributed by atoms with Gasteiger partial charge in [-0.2, -0.15) is 0 Å². The summed E-state index contributed by atoms with van der Waals surface area (Å²) in [5.41, 5.74) is 2.25. The zero-order chi connectivity index (χ0) is 12.8. The van der Waals surface area contributed by atoms with E-state index in [-0.39, 0.29) is 0 Å². The van der Waals surface area contributed by atoms with E-state index in [4.69, 9.17) is 0 Å². The molecule has 1 saturated heterocycles. The fraction of sp³-hybridized carbons (Fsp3) is 0.438. The van der Waals surface area contributed by atoms with Gasteiger partial charge in [-0.3, -0.25) is 9.88 Å². The van der Waals surface area contributed by atoms with Crippen molar-refractivity contribution in [1.29, 1.82) is 0 Å². The van der Waals surface area contributed by atoms with Crippen LogP contribution in [0.15, 0.2) is 36.7 Å². The maximum Gasteiger partial charge on any atom is 0.0610 e. The molecule has 0 radical (unpaired) electrons. The molecular weight excluding hydrogens is 220 g/mol. The molecule has 1 aliphatic heterocycles. The van der Waals surface area contributed by atoms with Crippen molar-refractivity contribution < 1.29 is 0 Å². The highest BCUT2D eigenvalue weighted by Gasteiger charge is 2.22. The zero-order valence-corrected chi connectivity index (χ0v) is 11.0. The largest absolute Gasteiger partial charge is 0.285 e. The lowest BCUT2D eigenvalue weighted by atomic mass is 9.96. The first-order valence-electron chi connectivity index (χ1n) is 6.56. The van der Waals surface area contributed by atoms with E-state index >= 15 is 0 Å². The molecule has 1 fully saturated rings. The average Bonchev–Trinajstić information content (AvgIpc) is 2.40. The number of hydrogen-bond acceptors (Lipinski definition) is 2. The molecule has 0 aromatic carbocycles. The first-order chi connectivity index (χ1) is 8.77. The van der Waals surface area contributed by atoms with Crippen molar-refractivity contribution in [1.82, 2.24) is 9.88 Å². The van der Waals surface area contributed by atoms with Gasteiger partial charge in [-0.1, -0.05) is 30.9 Å². The molecule has 1 unspecified atom stereocenters. The molecular formula is C16H20N2. The summed E-state index contributed by atoms with van der Waals surface area (Å²) in [4.78, 5) is 6.68. The fourth-order valence-corrected chi connectivity index (χ4v) is 2.42. The average molecular weight is 240 g/mol. The van der Waals surface area contributed by atoms with Gasteiger partial charge in [-0.05, 0) is 43.5 Å². The Kier molecular flexibility index (Phi) is 4.55. The molecule has 0 N–H and O–H groups in total. The highest BCUT2D eigenvalue weighted by Crippen LogP contribution is 2.29. The van der Waals surface area contributed by atoms with Gasteiger partial charge in [0.15, 0.2) is 0 Å². The fourth-order valence-electron chi connectivity index (χ4n) is 2.42. The summed E-state index contributed by atoms with van der Waals surface area (Å²) in [5, 5.41) is 0. The third-order valence-corrected chi connectivity index (χ3v) is 3.27. The monoisotopic (exact) mass is 240 g/mol. The molecule has 1 aromatic rings. The van der Waals surface area contributed by atoms with E-state index in [1.54, 1.807) is 0 Å². The Bertz CT molecular complexity index is 453. The van der Waals surface area contributed by atoms with Crippen molar-refractivity contribution in [2.24, 2.45) is 0 Å². The Morgan fingerprint density at radius 1 is 1.56 bits per heavy atom. The smallest absolute Gasteiger partial charge is 0.0610 e. The summed E-state index contributed by atoms with van der Waals surface area (Å²) < 4.78 is 0. The summed E-state index contributed by atoms with van der Waals surface area (Å²) in [7, 11) is 0. The molecule has 18 heavy (non-hydrogen) atoms. The molecule has 0 amide bonds. The van der Waals surface area contributed by atoms with Gasteiger partial charge in [-0.25, -0.2) is 0 Å². The van der Waals surface area contributed by atoms with Crippen LogP contribution in [0.2, 0.25) is 0 Å². The molecule has 2 heteroatoms. The number of nitrogens with zero attached hydrogens (tertiary/aromatic N) is 2. The van der Waals surface area contributed by atoms with Crippen molar-refractivity contribution >= 4 is 0 Å². The van der Waals surface area contributed by atoms with Crippen molar-refractivity contribution in [3.8, 4) is 11.8 Å². The van der Waals surface area contributed by atoms with E-state index in [0.29, 0.717) is 6.04 Å². The SMILES string of the molecule is C=C(C)C#CCN1CCCCC1c1cccnc1. The van der Waals surface area contributed by atoms with E-state index in [2.05, 4.69) is 34.4 Å². The van der Waals surface area contributed by atoms with Crippen LogP contribution in [0.4, 0.5) is 0 Å². The molecule has 94 valence electrons. The van der Waals surface area contributed by atoms with Gasteiger partial charge in [0.2, 0.25) is 0 Å². The van der Waals surface area contributed by atoms with E-state index < -0.39 is 0 Å². The van der Waals surface area contributed by atoms with Gasteiger partial charge in [0.1, 0.15) is 0 Å². The number of rotatable bonds is 2. The number of piperidine rings is 1. The van der Waals surface area contributed by atoms with E-state index in [1.807, 2.05) is 25.4 Å². The number of hydrogen-bond donors (Lipinski definition) is 0. The van der Waals surface area contributed by atoms with E-state index in [0.717, 1.165) is 18.7 Å². The molecule has 0 saturated carbocycles. The van der Waals surface area contributed by atoms with Crippen molar-refractivity contribution in [2.45, 2.75) is 32.2 Å². The van der Waals surface area contributed by atoms with Crippen molar-refractivity contribution in [3.63, 3.8) is 0 Å². The third kappa shape index (κ3) is 3.45. The predicted molar refractivity (Wildman–Crippen MR) is 75.0 cm³/mol. The lowest BCUT2D eigenvalue weighted by molar-refractivity contribution is 0.169. The normalized spacial score (nSPS) is 19.9. The minimum Gasteiger partial charge on any atom is -0.285 e. The maximum absolute atomic E-state index is 4.23. The van der Waals surface area contributed by atoms with E-state index in [9.17, 15) is 0 Å². The Labute approximate surface area is 110 Å². The molecule has 0 bridgehead atoms. The van der Waals surface area contributed by atoms with Gasteiger partial charge in [0, 0.05) is 18.4 Å². The minimum absolute atomic E-state index is 0.479. The summed E-state index contributed by atoms with van der Waals surface area (Å²) >= 11 is 0. The highest BCUT2D eigenvalue weighted by atomic mass is 15.2. The van der Waals surface area contributed by atoms with Crippen molar-refractivity contribution in [2.75, 3.05) is 13.1 Å². The van der Waals surface area contributed by atoms with Crippen LogP contribution in [-0.4, -0.2) is 23.0 Å². The van der Waals surface area contributed by atoms with Crippen LogP contribution in [0.1, 0.15) is 37.8 Å². The Hall–Kier alpha value is -1.59. The summed E-state index contributed by atoms with van der Waals surface area (Å²) in [6.45, 7) is 7.71. The van der Waals surface area contributed by atoms with Gasteiger partial charge in [0.25, 0.3) is 0 Å². The third-order valence-electron chi connectivity index (χ3n) is 3.27. The van der Waals surface area contributed by atoms with Crippen LogP contribution >= 0.6 is 0 Å². The second-order valence-electron chi connectivity index (χ2n) is 4.85. The first kappa shape index (κ1) is 12.9. The molecule has 1 aliphatic rings. The minimum atomic E-state index is 0.479. The van der Waals surface area contributed by atoms with Crippen LogP contribution in [0.25, 0.3) is 0 Å². The number of pyridine rings is 1. The Balaban J connectivity index is 2.07. The standard InChI is InChI=1S/C16H20N2/c1-14(2)7-6-12-18-11-4-3-9-16(18)15-8-5-10-17-13-15/h5,8,10,13,16H,1,3-4,9,11-12H2,2H3. The molecule has 1 atom stereocenters. The van der Waals surface area contributed by atoms with Crippen molar-refractivity contribution in [3.05, 3.63) is 42.2 Å². The molecule has 1 aromatic heterocycles. The van der Waals surface area contributed by atoms with Crippen LogP contribution in [0, 0.1) is 11.8 Å². The predicted octanol–water partition coefficient (Wildman–Crippen LogP) is 3.19. The van der Waals surface area contributed by atoms with Crippen LogP contribution in [0.5, 0.6) is 0 Å². The summed E-state index contributed by atoms with van der Waals surface area (Å²) in [6.07, 6.45) is 7.59. The van der Waals surface area contributed by atoms with Gasteiger partial charge in [0.05, 0.1) is 6.54 Å². The number of allylic oxidation sites excluding steroid dienone is 1. The van der Waals surface area contributed by atoms with Crippen LogP contribution in [0.3, 0.4) is 0 Å². The van der Waals surface area contributed by atoms with Gasteiger partial charge >= 0.3 is 0 Å². The molecule has 0 aliphatic carbocycles. The molecule has 0 spiro atoms. The van der Waals surface area contributed by atoms with E-state index in [1.165, 1.54) is 24.8 Å². The lowest BCUT2D eigenvalue weighted by Crippen LogP contribution is -2.33. The molecule has 2 nitrogen and oxygen atoms in total. The van der Waals surface area contributed by atoms with Crippen LogP contribution < -0.4 is 0 Å². The van der Waals surface area contributed by atoms with Gasteiger partial charge in [-0.15, -0.1) is 0 Å². The molecule has 2 heterocycles. The summed E-state index contributed by atoms with van der Waals surface area (Å²) in [5.74, 6) is 6.27. The maximum atomic E-state index is 4.23. The first-order valence-corrected chi connectivity index (χ1v) is 6.56. The lowest BCUT2D eigenvalue weighted by Gasteiger charge is -2.34. The van der Waals surface area contributed by atoms with Gasteiger partial charge < -0.3 is 0 Å². The Morgan fingerprint density at radius 2 is 2.44 bits per heavy atom. The highest BCUT2D eigenvalue weighted by molar-refractivity contribution is 5.24. The Morgan fingerprint density at radius 3 is 3.17 bits per heavy atom. The zero-order valence-electron chi connectivity index (χ0n) is 11.0. The second-order valence-corrected chi connectivity index (χ2v) is 4.85. The molecule has 2 rings (SSSR count). The van der Waals surface area contributed by atoms with Crippen LogP contribution in [-0.2, 0) is 0 Å². The summed E-state index contributed by atoms with van der Waals surface area (Å²) in [6, 6.07) is 4.66. The topological polar surface area (TPSA) is 16.1 Å². The number of likely N-dealkylation sites (tertiary alicyclic amines) is 1. The second kappa shape index (κ2) is 6.37. The quantitative estimate of drug-likeness (QED) is 0.738. The number of aromatic nitrogens is 1.